The standard InChI is InChI=1S/C13H16F2N2O/c1-17(13(18)9-4-11(16)5-9)7-8-2-3-10(14)6-12(8)15/h2-3,6,9,11H,4-5,7,16H2,1H3. The Labute approximate surface area is 105 Å². The van der Waals surface area contributed by atoms with Crippen LogP contribution in [0.4, 0.5) is 8.78 Å². The first-order valence-corrected chi connectivity index (χ1v) is 5.92. The first-order chi connectivity index (χ1) is 8.47. The van der Waals surface area contributed by atoms with E-state index < -0.39 is 11.6 Å². The van der Waals surface area contributed by atoms with Gasteiger partial charge >= 0.3 is 0 Å². The third-order valence-corrected chi connectivity index (χ3v) is 3.32. The summed E-state index contributed by atoms with van der Waals surface area (Å²) in [5.74, 6) is -1.32. The second kappa shape index (κ2) is 5.02. The summed E-state index contributed by atoms with van der Waals surface area (Å²) in [5.41, 5.74) is 5.94. The Hall–Kier alpha value is -1.49. The fraction of sp³-hybridized carbons (Fsp3) is 0.462. The van der Waals surface area contributed by atoms with Gasteiger partial charge in [-0.25, -0.2) is 8.78 Å². The van der Waals surface area contributed by atoms with Gasteiger partial charge < -0.3 is 10.6 Å². The van der Waals surface area contributed by atoms with Crippen LogP contribution in [0.5, 0.6) is 0 Å². The monoisotopic (exact) mass is 254 g/mol. The van der Waals surface area contributed by atoms with Crippen LogP contribution >= 0.6 is 0 Å². The van der Waals surface area contributed by atoms with Crippen LogP contribution in [0.3, 0.4) is 0 Å². The highest BCUT2D eigenvalue weighted by Gasteiger charge is 2.33. The van der Waals surface area contributed by atoms with Gasteiger partial charge in [-0.05, 0) is 18.9 Å². The molecule has 0 aliphatic heterocycles. The Balaban J connectivity index is 1.98. The van der Waals surface area contributed by atoms with Gasteiger partial charge in [0.1, 0.15) is 11.6 Å². The zero-order valence-electron chi connectivity index (χ0n) is 10.2. The van der Waals surface area contributed by atoms with Crippen molar-refractivity contribution in [1.82, 2.24) is 4.90 Å². The smallest absolute Gasteiger partial charge is 0.225 e. The molecule has 18 heavy (non-hydrogen) atoms. The summed E-state index contributed by atoms with van der Waals surface area (Å²) in [6.07, 6.45) is 1.38. The molecule has 1 aromatic carbocycles. The van der Waals surface area contributed by atoms with Crippen molar-refractivity contribution < 1.29 is 13.6 Å². The lowest BCUT2D eigenvalue weighted by Crippen LogP contribution is -2.45. The molecule has 1 saturated carbocycles. The quantitative estimate of drug-likeness (QED) is 0.891. The molecule has 0 unspecified atom stereocenters. The van der Waals surface area contributed by atoms with Crippen LogP contribution in [0.25, 0.3) is 0 Å². The average molecular weight is 254 g/mol. The molecule has 0 aromatic heterocycles. The van der Waals surface area contributed by atoms with E-state index in [1.165, 1.54) is 17.0 Å². The molecule has 0 radical (unpaired) electrons. The summed E-state index contributed by atoms with van der Waals surface area (Å²) in [6.45, 7) is 0.149. The van der Waals surface area contributed by atoms with Crippen molar-refractivity contribution in [2.24, 2.45) is 11.7 Å². The van der Waals surface area contributed by atoms with Crippen molar-refractivity contribution in [2.45, 2.75) is 25.4 Å². The van der Waals surface area contributed by atoms with Crippen LogP contribution in [-0.2, 0) is 11.3 Å². The molecule has 0 spiro atoms. The van der Waals surface area contributed by atoms with Crippen LogP contribution in [0.15, 0.2) is 18.2 Å². The predicted molar refractivity (Wildman–Crippen MR) is 63.5 cm³/mol. The number of carbonyl (C=O) groups is 1. The van der Waals surface area contributed by atoms with E-state index in [1.54, 1.807) is 7.05 Å². The van der Waals surface area contributed by atoms with Gasteiger partial charge in [0.15, 0.2) is 0 Å². The van der Waals surface area contributed by atoms with Crippen molar-refractivity contribution in [1.29, 1.82) is 0 Å². The summed E-state index contributed by atoms with van der Waals surface area (Å²) >= 11 is 0. The fourth-order valence-corrected chi connectivity index (χ4v) is 2.16. The average Bonchev–Trinajstić information content (AvgIpc) is 2.27. The van der Waals surface area contributed by atoms with E-state index in [-0.39, 0.29) is 24.4 Å². The van der Waals surface area contributed by atoms with Crippen LogP contribution in [0, 0.1) is 17.6 Å². The summed E-state index contributed by atoms with van der Waals surface area (Å²) in [4.78, 5) is 13.4. The summed E-state index contributed by atoms with van der Waals surface area (Å²) < 4.78 is 26.2. The maximum atomic E-state index is 13.4. The first-order valence-electron chi connectivity index (χ1n) is 5.92. The topological polar surface area (TPSA) is 46.3 Å². The van der Waals surface area contributed by atoms with Crippen molar-refractivity contribution in [3.8, 4) is 0 Å². The molecule has 0 heterocycles. The lowest BCUT2D eigenvalue weighted by Gasteiger charge is -2.34. The van der Waals surface area contributed by atoms with Gasteiger partial charge in [0, 0.05) is 37.2 Å². The molecule has 0 saturated heterocycles. The van der Waals surface area contributed by atoms with E-state index in [0.717, 1.165) is 6.07 Å². The summed E-state index contributed by atoms with van der Waals surface area (Å²) in [7, 11) is 1.62. The van der Waals surface area contributed by atoms with Crippen molar-refractivity contribution in [2.75, 3.05) is 7.05 Å². The molecule has 2 N–H and O–H groups in total. The molecule has 1 fully saturated rings. The largest absolute Gasteiger partial charge is 0.341 e. The first kappa shape index (κ1) is 13.0. The Morgan fingerprint density at radius 1 is 1.44 bits per heavy atom. The van der Waals surface area contributed by atoms with Gasteiger partial charge in [-0.2, -0.15) is 0 Å². The number of halogens is 2. The number of hydrogen-bond acceptors (Lipinski definition) is 2. The number of amides is 1. The number of carbonyl (C=O) groups excluding carboxylic acids is 1. The van der Waals surface area contributed by atoms with Crippen LogP contribution < -0.4 is 5.73 Å². The molecule has 5 heteroatoms. The highest BCUT2D eigenvalue weighted by atomic mass is 19.1. The lowest BCUT2D eigenvalue weighted by atomic mass is 9.80. The third-order valence-electron chi connectivity index (χ3n) is 3.32. The Morgan fingerprint density at radius 3 is 2.67 bits per heavy atom. The molecular formula is C13H16F2N2O. The normalized spacial score (nSPS) is 22.4. The zero-order chi connectivity index (χ0) is 13.3. The van der Waals surface area contributed by atoms with E-state index >= 15 is 0 Å². The minimum Gasteiger partial charge on any atom is -0.341 e. The maximum absolute atomic E-state index is 13.4. The molecule has 1 amide bonds. The van der Waals surface area contributed by atoms with E-state index in [9.17, 15) is 13.6 Å². The molecule has 2 rings (SSSR count). The zero-order valence-corrected chi connectivity index (χ0v) is 10.2. The molecular weight excluding hydrogens is 238 g/mol. The van der Waals surface area contributed by atoms with Crippen LogP contribution in [-0.4, -0.2) is 23.9 Å². The SMILES string of the molecule is CN(Cc1ccc(F)cc1F)C(=O)C1CC(N)C1. The van der Waals surface area contributed by atoms with Crippen LogP contribution in [0.2, 0.25) is 0 Å². The van der Waals surface area contributed by atoms with Gasteiger partial charge in [0.05, 0.1) is 0 Å². The highest BCUT2D eigenvalue weighted by molar-refractivity contribution is 5.79. The number of nitrogens with zero attached hydrogens (tertiary/aromatic N) is 1. The van der Waals surface area contributed by atoms with Crippen LogP contribution in [0.1, 0.15) is 18.4 Å². The number of benzene rings is 1. The second-order valence-corrected chi connectivity index (χ2v) is 4.86. The van der Waals surface area contributed by atoms with E-state index in [0.29, 0.717) is 18.4 Å². The van der Waals surface area contributed by atoms with Crippen molar-refractivity contribution in [3.63, 3.8) is 0 Å². The van der Waals surface area contributed by atoms with Gasteiger partial charge in [-0.1, -0.05) is 6.07 Å². The molecule has 3 nitrogen and oxygen atoms in total. The minimum absolute atomic E-state index is 0.0274. The Kier molecular flexibility index (Phi) is 3.61. The molecule has 98 valence electrons. The molecule has 1 aromatic rings. The summed E-state index contributed by atoms with van der Waals surface area (Å²) in [5, 5.41) is 0. The Bertz CT molecular complexity index is 458. The molecule has 1 aliphatic carbocycles. The number of rotatable bonds is 3. The van der Waals surface area contributed by atoms with Gasteiger partial charge in [-0.3, -0.25) is 4.79 Å². The van der Waals surface area contributed by atoms with E-state index in [4.69, 9.17) is 5.73 Å². The maximum Gasteiger partial charge on any atom is 0.225 e. The minimum atomic E-state index is -0.625. The predicted octanol–water partition coefficient (Wildman–Crippen LogP) is 1.66. The molecule has 0 atom stereocenters. The van der Waals surface area contributed by atoms with E-state index in [1.807, 2.05) is 0 Å². The third kappa shape index (κ3) is 2.67. The number of hydrogen-bond donors (Lipinski definition) is 1. The molecule has 0 bridgehead atoms. The fourth-order valence-electron chi connectivity index (χ4n) is 2.16. The van der Waals surface area contributed by atoms with Gasteiger partial charge in [-0.15, -0.1) is 0 Å². The van der Waals surface area contributed by atoms with E-state index in [2.05, 4.69) is 0 Å². The molecule has 1 aliphatic rings. The summed E-state index contributed by atoms with van der Waals surface area (Å²) in [6, 6.07) is 3.49. The Morgan fingerprint density at radius 2 is 2.11 bits per heavy atom. The van der Waals surface area contributed by atoms with Crippen molar-refractivity contribution in [3.05, 3.63) is 35.4 Å². The lowest BCUT2D eigenvalue weighted by molar-refractivity contribution is -0.137. The van der Waals surface area contributed by atoms with Crippen molar-refractivity contribution >= 4 is 5.91 Å². The second-order valence-electron chi connectivity index (χ2n) is 4.86. The van der Waals surface area contributed by atoms with Gasteiger partial charge in [0.25, 0.3) is 0 Å². The number of nitrogens with two attached hydrogens (primary N) is 1. The highest BCUT2D eigenvalue weighted by Crippen LogP contribution is 2.27. The van der Waals surface area contributed by atoms with Gasteiger partial charge in [0.2, 0.25) is 5.91 Å².